The lowest BCUT2D eigenvalue weighted by molar-refractivity contribution is 0.607. The predicted molar refractivity (Wildman–Crippen MR) is 73.3 cm³/mol. The molecule has 1 nitrogen and oxygen atoms in total. The molecule has 0 aliphatic rings. The van der Waals surface area contributed by atoms with Crippen molar-refractivity contribution in [3.05, 3.63) is 29.6 Å². The van der Waals surface area contributed by atoms with Crippen molar-refractivity contribution in [2.75, 3.05) is 18.0 Å². The van der Waals surface area contributed by atoms with E-state index in [-0.39, 0.29) is 5.82 Å². The van der Waals surface area contributed by atoms with Gasteiger partial charge >= 0.3 is 0 Å². The SMILES string of the molecule is CCCC(C)c1ccc(N(CC)CC)c(F)c1. The first-order valence-electron chi connectivity index (χ1n) is 6.68. The summed E-state index contributed by atoms with van der Waals surface area (Å²) in [7, 11) is 0. The summed E-state index contributed by atoms with van der Waals surface area (Å²) in [6.45, 7) is 10.1. The van der Waals surface area contributed by atoms with E-state index in [1.54, 1.807) is 6.07 Å². The van der Waals surface area contributed by atoms with Gasteiger partial charge in [0, 0.05) is 13.1 Å². The first kappa shape index (κ1) is 14.0. The van der Waals surface area contributed by atoms with Gasteiger partial charge in [0.15, 0.2) is 0 Å². The number of hydrogen-bond donors (Lipinski definition) is 0. The van der Waals surface area contributed by atoms with Gasteiger partial charge in [0.2, 0.25) is 0 Å². The van der Waals surface area contributed by atoms with E-state index in [0.717, 1.165) is 37.2 Å². The minimum Gasteiger partial charge on any atom is -0.370 e. The smallest absolute Gasteiger partial charge is 0.146 e. The summed E-state index contributed by atoms with van der Waals surface area (Å²) in [5, 5.41) is 0. The minimum absolute atomic E-state index is 0.0887. The van der Waals surface area contributed by atoms with Crippen molar-refractivity contribution in [2.24, 2.45) is 0 Å². The number of nitrogens with zero attached hydrogens (tertiary/aromatic N) is 1. The van der Waals surface area contributed by atoms with Crippen LogP contribution >= 0.6 is 0 Å². The Labute approximate surface area is 105 Å². The van der Waals surface area contributed by atoms with Crippen molar-refractivity contribution in [3.63, 3.8) is 0 Å². The zero-order chi connectivity index (χ0) is 12.8. The zero-order valence-electron chi connectivity index (χ0n) is 11.5. The van der Waals surface area contributed by atoms with Crippen LogP contribution < -0.4 is 4.90 Å². The van der Waals surface area contributed by atoms with Gasteiger partial charge < -0.3 is 4.90 Å². The number of anilines is 1. The summed E-state index contributed by atoms with van der Waals surface area (Å²) in [4.78, 5) is 2.05. The Morgan fingerprint density at radius 1 is 1.18 bits per heavy atom. The van der Waals surface area contributed by atoms with Crippen LogP contribution in [0.1, 0.15) is 52.0 Å². The van der Waals surface area contributed by atoms with Gasteiger partial charge in [-0.25, -0.2) is 4.39 Å². The molecule has 0 saturated carbocycles. The monoisotopic (exact) mass is 237 g/mol. The second-order valence-electron chi connectivity index (χ2n) is 4.57. The van der Waals surface area contributed by atoms with E-state index in [1.165, 1.54) is 0 Å². The van der Waals surface area contributed by atoms with Gasteiger partial charge in [-0.3, -0.25) is 0 Å². The lowest BCUT2D eigenvalue weighted by Crippen LogP contribution is -2.23. The molecule has 0 radical (unpaired) electrons. The molecule has 0 fully saturated rings. The van der Waals surface area contributed by atoms with Crippen molar-refractivity contribution in [2.45, 2.75) is 46.5 Å². The largest absolute Gasteiger partial charge is 0.370 e. The van der Waals surface area contributed by atoms with Crippen LogP contribution in [0.25, 0.3) is 0 Å². The first-order chi connectivity index (χ1) is 8.13. The average molecular weight is 237 g/mol. The molecule has 2 heteroatoms. The standard InChI is InChI=1S/C15H24FN/c1-5-8-12(4)13-9-10-15(14(16)11-13)17(6-2)7-3/h9-12H,5-8H2,1-4H3. The molecule has 1 rings (SSSR count). The summed E-state index contributed by atoms with van der Waals surface area (Å²) >= 11 is 0. The van der Waals surface area contributed by atoms with Crippen molar-refractivity contribution < 1.29 is 4.39 Å². The van der Waals surface area contributed by atoms with Gasteiger partial charge in [0.05, 0.1) is 5.69 Å². The molecule has 0 N–H and O–H groups in total. The molecule has 0 spiro atoms. The Morgan fingerprint density at radius 3 is 2.29 bits per heavy atom. The Hall–Kier alpha value is -1.05. The maximum absolute atomic E-state index is 14.0. The van der Waals surface area contributed by atoms with Crippen molar-refractivity contribution >= 4 is 5.69 Å². The highest BCUT2D eigenvalue weighted by Gasteiger charge is 2.11. The molecule has 1 unspecified atom stereocenters. The summed E-state index contributed by atoms with van der Waals surface area (Å²) in [6, 6.07) is 5.69. The molecule has 1 aromatic rings. The van der Waals surface area contributed by atoms with E-state index in [4.69, 9.17) is 0 Å². The highest BCUT2D eigenvalue weighted by molar-refractivity contribution is 5.49. The Balaban J connectivity index is 2.92. The van der Waals surface area contributed by atoms with Crippen LogP contribution in [0, 0.1) is 5.82 Å². The van der Waals surface area contributed by atoms with Crippen LogP contribution in [0.3, 0.4) is 0 Å². The second-order valence-corrected chi connectivity index (χ2v) is 4.57. The maximum atomic E-state index is 14.0. The van der Waals surface area contributed by atoms with Gasteiger partial charge in [-0.1, -0.05) is 26.3 Å². The lowest BCUT2D eigenvalue weighted by Gasteiger charge is -2.22. The third-order valence-electron chi connectivity index (χ3n) is 3.37. The van der Waals surface area contributed by atoms with E-state index in [9.17, 15) is 4.39 Å². The third-order valence-corrected chi connectivity index (χ3v) is 3.37. The van der Waals surface area contributed by atoms with Crippen molar-refractivity contribution in [1.29, 1.82) is 0 Å². The lowest BCUT2D eigenvalue weighted by atomic mass is 9.96. The fourth-order valence-electron chi connectivity index (χ4n) is 2.25. The molecule has 0 saturated heterocycles. The van der Waals surface area contributed by atoms with Gasteiger partial charge in [-0.05, 0) is 43.9 Å². The molecule has 1 aromatic carbocycles. The van der Waals surface area contributed by atoms with E-state index >= 15 is 0 Å². The highest BCUT2D eigenvalue weighted by atomic mass is 19.1. The second kappa shape index (κ2) is 6.63. The maximum Gasteiger partial charge on any atom is 0.146 e. The van der Waals surface area contributed by atoms with Crippen LogP contribution in [0.5, 0.6) is 0 Å². The normalized spacial score (nSPS) is 12.5. The Kier molecular flexibility index (Phi) is 5.46. The molecule has 0 amide bonds. The molecule has 0 aliphatic carbocycles. The Morgan fingerprint density at radius 2 is 1.82 bits per heavy atom. The molecule has 96 valence electrons. The molecule has 0 heterocycles. The topological polar surface area (TPSA) is 3.24 Å². The molecule has 0 aromatic heterocycles. The van der Waals surface area contributed by atoms with Gasteiger partial charge in [0.25, 0.3) is 0 Å². The van der Waals surface area contributed by atoms with E-state index < -0.39 is 0 Å². The number of halogens is 1. The molecule has 0 aliphatic heterocycles. The summed E-state index contributed by atoms with van der Waals surface area (Å²) in [5.74, 6) is 0.356. The molecule has 1 atom stereocenters. The third kappa shape index (κ3) is 3.45. The predicted octanol–water partition coefficient (Wildman–Crippen LogP) is 4.58. The van der Waals surface area contributed by atoms with Crippen molar-refractivity contribution in [1.82, 2.24) is 0 Å². The van der Waals surface area contributed by atoms with Crippen LogP contribution in [-0.4, -0.2) is 13.1 Å². The number of rotatable bonds is 6. The zero-order valence-corrected chi connectivity index (χ0v) is 11.5. The fourth-order valence-corrected chi connectivity index (χ4v) is 2.25. The minimum atomic E-state index is -0.0887. The van der Waals surface area contributed by atoms with Crippen LogP contribution in [0.15, 0.2) is 18.2 Å². The van der Waals surface area contributed by atoms with Gasteiger partial charge in [-0.2, -0.15) is 0 Å². The highest BCUT2D eigenvalue weighted by Crippen LogP contribution is 2.26. The summed E-state index contributed by atoms with van der Waals surface area (Å²) in [6.07, 6.45) is 2.25. The van der Waals surface area contributed by atoms with Crippen LogP contribution in [-0.2, 0) is 0 Å². The number of benzene rings is 1. The average Bonchev–Trinajstić information content (AvgIpc) is 2.32. The quantitative estimate of drug-likeness (QED) is 0.700. The number of hydrogen-bond acceptors (Lipinski definition) is 1. The van der Waals surface area contributed by atoms with E-state index in [2.05, 4.69) is 33.8 Å². The van der Waals surface area contributed by atoms with E-state index in [1.807, 2.05) is 11.0 Å². The molecule has 0 bridgehead atoms. The fraction of sp³-hybridized carbons (Fsp3) is 0.600. The summed E-state index contributed by atoms with van der Waals surface area (Å²) < 4.78 is 14.0. The van der Waals surface area contributed by atoms with Gasteiger partial charge in [0.1, 0.15) is 5.82 Å². The Bertz CT molecular complexity index is 345. The molecular weight excluding hydrogens is 213 g/mol. The van der Waals surface area contributed by atoms with Crippen molar-refractivity contribution in [3.8, 4) is 0 Å². The van der Waals surface area contributed by atoms with Crippen LogP contribution in [0.2, 0.25) is 0 Å². The molecular formula is C15H24FN. The van der Waals surface area contributed by atoms with Crippen LogP contribution in [0.4, 0.5) is 10.1 Å². The first-order valence-corrected chi connectivity index (χ1v) is 6.68. The van der Waals surface area contributed by atoms with Gasteiger partial charge in [-0.15, -0.1) is 0 Å². The van der Waals surface area contributed by atoms with E-state index in [0.29, 0.717) is 5.92 Å². The molecule has 17 heavy (non-hydrogen) atoms. The summed E-state index contributed by atoms with van der Waals surface area (Å²) in [5.41, 5.74) is 1.84.